The zero-order valence-electron chi connectivity index (χ0n) is 6.69. The summed E-state index contributed by atoms with van der Waals surface area (Å²) in [7, 11) is 0. The molecule has 1 aromatic carbocycles. The minimum Gasteiger partial charge on any atom is -0.508 e. The van der Waals surface area contributed by atoms with Crippen molar-refractivity contribution < 1.29 is 5.11 Å². The second kappa shape index (κ2) is 3.14. The van der Waals surface area contributed by atoms with Gasteiger partial charge in [-0.1, -0.05) is 18.5 Å². The van der Waals surface area contributed by atoms with Gasteiger partial charge in [-0.25, -0.2) is 0 Å². The fourth-order valence-electron chi connectivity index (χ4n) is 1.16. The van der Waals surface area contributed by atoms with Gasteiger partial charge < -0.3 is 5.11 Å². The Bertz CT molecular complexity index is 269. The van der Waals surface area contributed by atoms with E-state index in [2.05, 4.69) is 0 Å². The minimum atomic E-state index is 0.342. The van der Waals surface area contributed by atoms with E-state index in [0.717, 1.165) is 22.6 Å². The van der Waals surface area contributed by atoms with Crippen molar-refractivity contribution in [2.75, 3.05) is 0 Å². The Labute approximate surface area is 71.6 Å². The lowest BCUT2D eigenvalue weighted by molar-refractivity contribution is 0.468. The highest BCUT2D eigenvalue weighted by molar-refractivity contribution is 6.31. The first-order chi connectivity index (χ1) is 5.16. The van der Waals surface area contributed by atoms with E-state index < -0.39 is 0 Å². The molecule has 0 unspecified atom stereocenters. The van der Waals surface area contributed by atoms with Crippen LogP contribution < -0.4 is 0 Å². The van der Waals surface area contributed by atoms with E-state index in [4.69, 9.17) is 11.6 Å². The first-order valence-electron chi connectivity index (χ1n) is 3.63. The predicted octanol–water partition coefficient (Wildman–Crippen LogP) is 2.92. The van der Waals surface area contributed by atoms with Crippen molar-refractivity contribution in [3.63, 3.8) is 0 Å². The second-order valence-corrected chi connectivity index (χ2v) is 2.93. The van der Waals surface area contributed by atoms with Crippen LogP contribution in [0.4, 0.5) is 0 Å². The highest BCUT2D eigenvalue weighted by atomic mass is 35.5. The fraction of sp³-hybridized carbons (Fsp3) is 0.333. The van der Waals surface area contributed by atoms with E-state index in [1.165, 1.54) is 0 Å². The number of rotatable bonds is 1. The predicted molar refractivity (Wildman–Crippen MR) is 47.2 cm³/mol. The first kappa shape index (κ1) is 8.41. The number of halogens is 1. The van der Waals surface area contributed by atoms with Crippen LogP contribution >= 0.6 is 11.6 Å². The quantitative estimate of drug-likeness (QED) is 0.687. The molecule has 0 heterocycles. The van der Waals surface area contributed by atoms with E-state index in [0.29, 0.717) is 5.75 Å². The second-order valence-electron chi connectivity index (χ2n) is 2.52. The lowest BCUT2D eigenvalue weighted by Gasteiger charge is -2.06. The highest BCUT2D eigenvalue weighted by Crippen LogP contribution is 2.27. The molecule has 0 aromatic heterocycles. The Kier molecular flexibility index (Phi) is 2.40. The molecule has 0 saturated carbocycles. The van der Waals surface area contributed by atoms with Crippen LogP contribution in [0.15, 0.2) is 12.1 Å². The number of aromatic hydroxyl groups is 1. The van der Waals surface area contributed by atoms with Crippen LogP contribution in [-0.4, -0.2) is 5.11 Å². The van der Waals surface area contributed by atoms with Crippen molar-refractivity contribution in [2.45, 2.75) is 20.3 Å². The van der Waals surface area contributed by atoms with Gasteiger partial charge in [-0.3, -0.25) is 0 Å². The number of phenols is 1. The van der Waals surface area contributed by atoms with Crippen molar-refractivity contribution in [2.24, 2.45) is 0 Å². The molecule has 0 aliphatic carbocycles. The summed E-state index contributed by atoms with van der Waals surface area (Å²) in [5, 5.41) is 10.1. The maximum atomic E-state index is 9.36. The molecule has 0 amide bonds. The van der Waals surface area contributed by atoms with E-state index in [1.54, 1.807) is 12.1 Å². The molecule has 1 nitrogen and oxygen atoms in total. The van der Waals surface area contributed by atoms with Crippen LogP contribution in [0.1, 0.15) is 18.1 Å². The third-order valence-corrected chi connectivity index (χ3v) is 2.27. The molecule has 0 aliphatic rings. The molecule has 0 radical (unpaired) electrons. The molecule has 1 aromatic rings. The largest absolute Gasteiger partial charge is 0.508 e. The molecule has 11 heavy (non-hydrogen) atoms. The SMILES string of the molecule is CCc1c(O)ccc(Cl)c1C. The monoisotopic (exact) mass is 170 g/mol. The Hall–Kier alpha value is -0.690. The molecule has 0 fully saturated rings. The third-order valence-electron chi connectivity index (χ3n) is 1.86. The van der Waals surface area contributed by atoms with Crippen molar-refractivity contribution in [1.82, 2.24) is 0 Å². The van der Waals surface area contributed by atoms with Gasteiger partial charge in [0, 0.05) is 5.02 Å². The smallest absolute Gasteiger partial charge is 0.119 e. The van der Waals surface area contributed by atoms with Crippen molar-refractivity contribution >= 4 is 11.6 Å². The molecule has 0 spiro atoms. The lowest BCUT2D eigenvalue weighted by atomic mass is 10.1. The van der Waals surface area contributed by atoms with Crippen molar-refractivity contribution in [3.8, 4) is 5.75 Å². The number of hydrogen-bond acceptors (Lipinski definition) is 1. The summed E-state index contributed by atoms with van der Waals surface area (Å²) < 4.78 is 0. The minimum absolute atomic E-state index is 0.342. The first-order valence-corrected chi connectivity index (χ1v) is 4.01. The summed E-state index contributed by atoms with van der Waals surface area (Å²) in [4.78, 5) is 0. The van der Waals surface area contributed by atoms with Gasteiger partial charge in [0.05, 0.1) is 0 Å². The van der Waals surface area contributed by atoms with Crippen LogP contribution in [0.5, 0.6) is 5.75 Å². The summed E-state index contributed by atoms with van der Waals surface area (Å²) in [5.74, 6) is 0.342. The third kappa shape index (κ3) is 1.48. The summed E-state index contributed by atoms with van der Waals surface area (Å²) in [5.41, 5.74) is 1.92. The summed E-state index contributed by atoms with van der Waals surface area (Å²) >= 11 is 5.85. The van der Waals surface area contributed by atoms with Gasteiger partial charge >= 0.3 is 0 Å². The maximum absolute atomic E-state index is 9.36. The lowest BCUT2D eigenvalue weighted by Crippen LogP contribution is -1.87. The fourth-order valence-corrected chi connectivity index (χ4v) is 1.34. The van der Waals surface area contributed by atoms with Gasteiger partial charge in [0.1, 0.15) is 5.75 Å². The van der Waals surface area contributed by atoms with E-state index in [1.807, 2.05) is 13.8 Å². The van der Waals surface area contributed by atoms with Crippen molar-refractivity contribution in [3.05, 3.63) is 28.3 Å². The number of phenolic OH excluding ortho intramolecular Hbond substituents is 1. The molecule has 0 aliphatic heterocycles. The molecule has 0 atom stereocenters. The van der Waals surface area contributed by atoms with E-state index in [9.17, 15) is 5.11 Å². The topological polar surface area (TPSA) is 20.2 Å². The molecule has 1 rings (SSSR count). The van der Waals surface area contributed by atoms with Gasteiger partial charge in [-0.2, -0.15) is 0 Å². The van der Waals surface area contributed by atoms with Crippen molar-refractivity contribution in [1.29, 1.82) is 0 Å². The van der Waals surface area contributed by atoms with Crippen LogP contribution in [-0.2, 0) is 6.42 Å². The molecule has 2 heteroatoms. The van der Waals surface area contributed by atoms with Crippen LogP contribution in [0.3, 0.4) is 0 Å². The Morgan fingerprint density at radius 1 is 1.45 bits per heavy atom. The molecule has 0 saturated heterocycles. The van der Waals surface area contributed by atoms with Gasteiger partial charge in [0.2, 0.25) is 0 Å². The van der Waals surface area contributed by atoms with Gasteiger partial charge in [0.25, 0.3) is 0 Å². The molecule has 60 valence electrons. The van der Waals surface area contributed by atoms with Gasteiger partial charge in [-0.05, 0) is 36.6 Å². The van der Waals surface area contributed by atoms with Crippen LogP contribution in [0.2, 0.25) is 5.02 Å². The zero-order chi connectivity index (χ0) is 8.43. The van der Waals surface area contributed by atoms with Crippen LogP contribution in [0.25, 0.3) is 0 Å². The highest BCUT2D eigenvalue weighted by Gasteiger charge is 2.04. The Morgan fingerprint density at radius 3 is 2.55 bits per heavy atom. The molecule has 0 bridgehead atoms. The van der Waals surface area contributed by atoms with Gasteiger partial charge in [-0.15, -0.1) is 0 Å². The molecular weight excluding hydrogens is 160 g/mol. The number of benzene rings is 1. The standard InChI is InChI=1S/C9H11ClO/c1-3-7-6(2)8(10)4-5-9(7)11/h4-5,11H,3H2,1-2H3. The maximum Gasteiger partial charge on any atom is 0.119 e. The van der Waals surface area contributed by atoms with Crippen LogP contribution in [0, 0.1) is 6.92 Å². The summed E-state index contributed by atoms with van der Waals surface area (Å²) in [6.07, 6.45) is 0.818. The Morgan fingerprint density at radius 2 is 2.09 bits per heavy atom. The molecular formula is C9H11ClO. The summed E-state index contributed by atoms with van der Waals surface area (Å²) in [6.45, 7) is 3.92. The van der Waals surface area contributed by atoms with Gasteiger partial charge in [0.15, 0.2) is 0 Å². The average molecular weight is 171 g/mol. The summed E-state index contributed by atoms with van der Waals surface area (Å²) in [6, 6.07) is 3.35. The molecule has 1 N–H and O–H groups in total. The van der Waals surface area contributed by atoms with E-state index >= 15 is 0 Å². The number of hydrogen-bond donors (Lipinski definition) is 1. The normalized spacial score (nSPS) is 10.1. The average Bonchev–Trinajstić information content (AvgIpc) is 1.99. The Balaban J connectivity index is 3.29. The zero-order valence-corrected chi connectivity index (χ0v) is 7.44. The van der Waals surface area contributed by atoms with E-state index in [-0.39, 0.29) is 0 Å².